The average molecular weight is 420 g/mol. The summed E-state index contributed by atoms with van der Waals surface area (Å²) in [6.07, 6.45) is -0.269. The molecule has 4 heterocycles. The molecule has 2 aromatic rings. The van der Waals surface area contributed by atoms with Gasteiger partial charge < -0.3 is 9.52 Å². The number of imide groups is 1. The third-order valence-electron chi connectivity index (χ3n) is 6.59. The third kappa shape index (κ3) is 3.26. The maximum absolute atomic E-state index is 13.6. The zero-order valence-corrected chi connectivity index (χ0v) is 17.3. The van der Waals surface area contributed by atoms with Gasteiger partial charge in [0.1, 0.15) is 17.1 Å². The molecule has 0 saturated carbocycles. The highest BCUT2D eigenvalue weighted by molar-refractivity contribution is 6.06. The molecule has 0 aliphatic carbocycles. The van der Waals surface area contributed by atoms with E-state index < -0.39 is 17.7 Å². The molecule has 1 aromatic heterocycles. The summed E-state index contributed by atoms with van der Waals surface area (Å²) in [5.41, 5.74) is 0.876. The minimum absolute atomic E-state index is 0.114. The molecule has 3 saturated heterocycles. The molecule has 8 nitrogen and oxygen atoms in total. The molecule has 31 heavy (non-hydrogen) atoms. The smallest absolute Gasteiger partial charge is 0.252 e. The van der Waals surface area contributed by atoms with Crippen LogP contribution < -0.4 is 0 Å². The number of likely N-dealkylation sites (tertiary alicyclic amines) is 1. The Morgan fingerprint density at radius 1 is 1.16 bits per heavy atom. The molecule has 5 rings (SSSR count). The fraction of sp³-hybridized carbons (Fsp3) is 0.435. The number of aliphatic hydroxyl groups excluding tert-OH is 1. The van der Waals surface area contributed by atoms with Gasteiger partial charge in [0.2, 0.25) is 5.91 Å². The molecule has 1 N–H and O–H groups in total. The van der Waals surface area contributed by atoms with Crippen molar-refractivity contribution in [1.82, 2.24) is 14.7 Å². The van der Waals surface area contributed by atoms with Crippen LogP contribution in [0.15, 0.2) is 40.8 Å². The quantitative estimate of drug-likeness (QED) is 0.737. The van der Waals surface area contributed by atoms with Crippen molar-refractivity contribution in [3.05, 3.63) is 59.0 Å². The minimum atomic E-state index is -0.801. The van der Waals surface area contributed by atoms with E-state index >= 15 is 0 Å². The summed E-state index contributed by atoms with van der Waals surface area (Å²) in [7, 11) is 0. The van der Waals surface area contributed by atoms with Crippen molar-refractivity contribution in [1.29, 1.82) is 5.26 Å². The number of carbonyl (C=O) groups is 2. The Morgan fingerprint density at radius 2 is 1.90 bits per heavy atom. The molecular formula is C23H24N4O4. The van der Waals surface area contributed by atoms with Gasteiger partial charge in [0.25, 0.3) is 5.91 Å². The van der Waals surface area contributed by atoms with Crippen molar-refractivity contribution in [3.8, 4) is 6.07 Å². The fourth-order valence-corrected chi connectivity index (χ4v) is 5.12. The molecule has 1 aromatic carbocycles. The summed E-state index contributed by atoms with van der Waals surface area (Å²) in [5.74, 6) is 0.839. The standard InChI is InChI=1S/C23H24N4O4/c1-15-2-7-19(31-15)12-26-21(29)20-8-18(28)11-27(20)23(22(26)30)13-25(14-23)10-17-5-3-16(9-24)4-6-17/h2-7,18,20,28H,8,10-14H2,1H3/t18-,20+/m1/s1. The number of aliphatic hydroxyl groups is 1. The predicted octanol–water partition coefficient (Wildman–Crippen LogP) is 1.02. The van der Waals surface area contributed by atoms with Crippen LogP contribution in [0.1, 0.15) is 29.1 Å². The second-order valence-electron chi connectivity index (χ2n) is 8.79. The van der Waals surface area contributed by atoms with Gasteiger partial charge in [-0.1, -0.05) is 12.1 Å². The van der Waals surface area contributed by atoms with Crippen molar-refractivity contribution in [2.45, 2.75) is 44.1 Å². The second-order valence-corrected chi connectivity index (χ2v) is 8.79. The van der Waals surface area contributed by atoms with Gasteiger partial charge in [0, 0.05) is 26.2 Å². The van der Waals surface area contributed by atoms with E-state index in [4.69, 9.17) is 9.68 Å². The SMILES string of the molecule is Cc1ccc(CN2C(=O)[C@@H]3C[C@@H](O)CN3C3(CN(Cc4ccc(C#N)cc4)C3)C2=O)o1. The van der Waals surface area contributed by atoms with Crippen LogP contribution in [0.2, 0.25) is 0 Å². The van der Waals surface area contributed by atoms with Crippen molar-refractivity contribution in [2.75, 3.05) is 19.6 Å². The zero-order valence-electron chi connectivity index (χ0n) is 17.3. The zero-order chi connectivity index (χ0) is 21.8. The molecule has 3 fully saturated rings. The number of piperazine rings is 1. The van der Waals surface area contributed by atoms with Crippen LogP contribution in [-0.2, 0) is 22.7 Å². The van der Waals surface area contributed by atoms with Crippen LogP contribution >= 0.6 is 0 Å². The monoisotopic (exact) mass is 420 g/mol. The lowest BCUT2D eigenvalue weighted by atomic mass is 9.82. The highest BCUT2D eigenvalue weighted by Gasteiger charge is 2.64. The normalized spacial score (nSPS) is 25.5. The molecule has 0 bridgehead atoms. The number of fused-ring (bicyclic) bond motifs is 2. The van der Waals surface area contributed by atoms with Gasteiger partial charge in [-0.05, 0) is 43.2 Å². The number of carbonyl (C=O) groups excluding carboxylic acids is 2. The molecule has 0 unspecified atom stereocenters. The van der Waals surface area contributed by atoms with E-state index in [0.29, 0.717) is 43.9 Å². The summed E-state index contributed by atoms with van der Waals surface area (Å²) in [5, 5.41) is 19.2. The van der Waals surface area contributed by atoms with Crippen molar-refractivity contribution >= 4 is 11.8 Å². The summed E-state index contributed by atoms with van der Waals surface area (Å²) < 4.78 is 5.61. The lowest BCUT2D eigenvalue weighted by molar-refractivity contribution is -0.181. The molecule has 3 aliphatic heterocycles. The number of nitriles is 1. The molecule has 1 spiro atoms. The van der Waals surface area contributed by atoms with E-state index in [1.54, 1.807) is 18.2 Å². The van der Waals surface area contributed by atoms with Gasteiger partial charge in [0.15, 0.2) is 0 Å². The van der Waals surface area contributed by atoms with E-state index in [1.165, 1.54) is 4.90 Å². The van der Waals surface area contributed by atoms with Gasteiger partial charge in [-0.25, -0.2) is 0 Å². The summed E-state index contributed by atoms with van der Waals surface area (Å²) in [6, 6.07) is 12.6. The first kappa shape index (κ1) is 19.9. The highest BCUT2D eigenvalue weighted by atomic mass is 16.3. The predicted molar refractivity (Wildman–Crippen MR) is 109 cm³/mol. The second kappa shape index (κ2) is 7.31. The van der Waals surface area contributed by atoms with Crippen LogP contribution in [-0.4, -0.2) is 68.9 Å². The van der Waals surface area contributed by atoms with Gasteiger partial charge in [-0.2, -0.15) is 5.26 Å². The summed E-state index contributed by atoms with van der Waals surface area (Å²) in [6.45, 7) is 3.93. The maximum atomic E-state index is 13.6. The first-order chi connectivity index (χ1) is 14.9. The molecule has 160 valence electrons. The van der Waals surface area contributed by atoms with Crippen LogP contribution in [0.25, 0.3) is 0 Å². The third-order valence-corrected chi connectivity index (χ3v) is 6.59. The number of hydrogen-bond acceptors (Lipinski definition) is 7. The number of amides is 2. The average Bonchev–Trinajstić information content (AvgIpc) is 3.33. The van der Waals surface area contributed by atoms with Crippen molar-refractivity contribution in [2.24, 2.45) is 0 Å². The Hall–Kier alpha value is -2.99. The Bertz CT molecular complexity index is 1060. The number of benzene rings is 1. The number of furan rings is 1. The first-order valence-corrected chi connectivity index (χ1v) is 10.5. The Balaban J connectivity index is 1.37. The lowest BCUT2D eigenvalue weighted by Gasteiger charge is -2.58. The Morgan fingerprint density at radius 3 is 2.55 bits per heavy atom. The summed E-state index contributed by atoms with van der Waals surface area (Å²) in [4.78, 5) is 32.1. The lowest BCUT2D eigenvalue weighted by Crippen LogP contribution is -2.81. The number of aryl methyl sites for hydroxylation is 1. The molecule has 2 atom stereocenters. The molecule has 8 heteroatoms. The molecule has 2 amide bonds. The highest BCUT2D eigenvalue weighted by Crippen LogP contribution is 2.41. The van der Waals surface area contributed by atoms with Gasteiger partial charge in [-0.3, -0.25) is 24.3 Å². The minimum Gasteiger partial charge on any atom is -0.464 e. The number of β-amino-alcohol motifs (C(OH)–C–C–N with tert-alkyl or cyclic N) is 1. The first-order valence-electron chi connectivity index (χ1n) is 10.5. The van der Waals surface area contributed by atoms with E-state index in [2.05, 4.69) is 11.0 Å². The van der Waals surface area contributed by atoms with E-state index in [1.807, 2.05) is 30.0 Å². The van der Waals surface area contributed by atoms with Crippen LogP contribution in [0.5, 0.6) is 0 Å². The van der Waals surface area contributed by atoms with Crippen molar-refractivity contribution < 1.29 is 19.1 Å². The van der Waals surface area contributed by atoms with E-state index in [-0.39, 0.29) is 18.4 Å². The Kier molecular flexibility index (Phi) is 4.70. The number of rotatable bonds is 4. The van der Waals surface area contributed by atoms with Crippen LogP contribution in [0.4, 0.5) is 0 Å². The largest absolute Gasteiger partial charge is 0.464 e. The van der Waals surface area contributed by atoms with Gasteiger partial charge >= 0.3 is 0 Å². The Labute approximate surface area is 180 Å². The van der Waals surface area contributed by atoms with Crippen molar-refractivity contribution in [3.63, 3.8) is 0 Å². The maximum Gasteiger partial charge on any atom is 0.252 e. The molecular weight excluding hydrogens is 396 g/mol. The number of nitrogens with zero attached hydrogens (tertiary/aromatic N) is 4. The molecule has 3 aliphatic rings. The van der Waals surface area contributed by atoms with Gasteiger partial charge in [-0.15, -0.1) is 0 Å². The van der Waals surface area contributed by atoms with Gasteiger partial charge in [0.05, 0.1) is 30.3 Å². The fourth-order valence-electron chi connectivity index (χ4n) is 5.12. The van der Waals surface area contributed by atoms with E-state index in [9.17, 15) is 14.7 Å². The van der Waals surface area contributed by atoms with E-state index in [0.717, 1.165) is 11.3 Å². The van der Waals surface area contributed by atoms with Crippen LogP contribution in [0.3, 0.4) is 0 Å². The molecule has 0 radical (unpaired) electrons. The topological polar surface area (TPSA) is 101 Å². The number of hydrogen-bond donors (Lipinski definition) is 1. The summed E-state index contributed by atoms with van der Waals surface area (Å²) >= 11 is 0. The van der Waals surface area contributed by atoms with Crippen LogP contribution in [0, 0.1) is 18.3 Å².